The topological polar surface area (TPSA) is 66.1 Å². The summed E-state index contributed by atoms with van der Waals surface area (Å²) in [7, 11) is 0. The van der Waals surface area contributed by atoms with E-state index in [0.29, 0.717) is 0 Å². The Morgan fingerprint density at radius 3 is 2.28 bits per heavy atom. The van der Waals surface area contributed by atoms with Crippen molar-refractivity contribution in [3.05, 3.63) is 84.4 Å². The third-order valence-electron chi connectivity index (χ3n) is 7.36. The van der Waals surface area contributed by atoms with Gasteiger partial charge in [0.05, 0.1) is 6.61 Å². The van der Waals surface area contributed by atoms with Gasteiger partial charge < -0.3 is 25.0 Å². The molecule has 0 saturated carbocycles. The number of amides is 2. The van der Waals surface area contributed by atoms with Gasteiger partial charge in [-0.1, -0.05) is 36.8 Å². The molecule has 5 rings (SSSR count). The lowest BCUT2D eigenvalue weighted by molar-refractivity contribution is 0.205. The Labute approximate surface area is 232 Å². The average Bonchev–Trinajstić information content (AvgIpc) is 3.40. The highest BCUT2D eigenvalue weighted by Crippen LogP contribution is 2.23. The quantitative estimate of drug-likeness (QED) is 0.293. The number of carbonyl (C=O) groups excluding carboxylic acids is 1. The minimum absolute atomic E-state index is 0.133. The van der Waals surface area contributed by atoms with Gasteiger partial charge in [-0.15, -0.1) is 0 Å². The van der Waals surface area contributed by atoms with Gasteiger partial charge in [-0.05, 0) is 92.9 Å². The zero-order valence-corrected chi connectivity index (χ0v) is 22.7. The first-order chi connectivity index (χ1) is 19.2. The van der Waals surface area contributed by atoms with Gasteiger partial charge >= 0.3 is 6.03 Å². The van der Waals surface area contributed by atoms with Crippen LogP contribution in [0.2, 0.25) is 0 Å². The summed E-state index contributed by atoms with van der Waals surface area (Å²) >= 11 is 0. The number of nitrogens with one attached hydrogen (secondary N) is 2. The predicted molar refractivity (Wildman–Crippen MR) is 156 cm³/mol. The van der Waals surface area contributed by atoms with Crippen LogP contribution in [0.3, 0.4) is 0 Å². The molecule has 0 unspecified atom stereocenters. The number of para-hydroxylation sites is 1. The normalized spacial score (nSPS) is 18.0. The van der Waals surface area contributed by atoms with E-state index >= 15 is 0 Å². The standard InChI is InChI=1S/C32H40N4O3/c37-32(33-27-12-16-31(17-13-27)39-30-8-3-1-4-9-30)34-28-18-22-36(25-28)24-26-10-14-29(15-11-26)38-23-7-21-35-19-5-2-6-20-35/h1,3-4,8-17,28H,2,5-7,18-25H2,(H2,33,34,37)/t28-/m0/s1. The first-order valence-corrected chi connectivity index (χ1v) is 14.3. The Hall–Kier alpha value is -3.55. The number of hydrogen-bond donors (Lipinski definition) is 2. The number of carbonyl (C=O) groups is 1. The summed E-state index contributed by atoms with van der Waals surface area (Å²) in [5.41, 5.74) is 2.00. The summed E-state index contributed by atoms with van der Waals surface area (Å²) in [5, 5.41) is 6.04. The van der Waals surface area contributed by atoms with Crippen LogP contribution in [0.15, 0.2) is 78.9 Å². The van der Waals surface area contributed by atoms with E-state index in [-0.39, 0.29) is 12.1 Å². The van der Waals surface area contributed by atoms with Gasteiger partial charge in [0.25, 0.3) is 0 Å². The third-order valence-corrected chi connectivity index (χ3v) is 7.36. The van der Waals surface area contributed by atoms with E-state index in [1.54, 1.807) is 0 Å². The molecule has 0 spiro atoms. The number of rotatable bonds is 11. The Morgan fingerprint density at radius 1 is 0.795 bits per heavy atom. The van der Waals surface area contributed by atoms with E-state index in [1.165, 1.54) is 37.9 Å². The van der Waals surface area contributed by atoms with Crippen molar-refractivity contribution in [3.63, 3.8) is 0 Å². The van der Waals surface area contributed by atoms with Crippen LogP contribution >= 0.6 is 0 Å². The average molecular weight is 529 g/mol. The molecular weight excluding hydrogens is 488 g/mol. The number of nitrogens with zero attached hydrogens (tertiary/aromatic N) is 2. The molecule has 2 amide bonds. The molecule has 0 aliphatic carbocycles. The molecular formula is C32H40N4O3. The zero-order chi connectivity index (χ0) is 26.7. The van der Waals surface area contributed by atoms with Crippen LogP contribution in [0.1, 0.15) is 37.7 Å². The fourth-order valence-corrected chi connectivity index (χ4v) is 5.29. The maximum atomic E-state index is 12.6. The van der Waals surface area contributed by atoms with Crippen molar-refractivity contribution in [2.24, 2.45) is 0 Å². The highest BCUT2D eigenvalue weighted by molar-refractivity contribution is 5.89. The number of likely N-dealkylation sites (tertiary alicyclic amines) is 2. The summed E-state index contributed by atoms with van der Waals surface area (Å²) < 4.78 is 11.8. The molecule has 2 N–H and O–H groups in total. The molecule has 2 heterocycles. The van der Waals surface area contributed by atoms with Crippen molar-refractivity contribution >= 4 is 11.7 Å². The van der Waals surface area contributed by atoms with E-state index in [4.69, 9.17) is 9.47 Å². The number of urea groups is 1. The second-order valence-corrected chi connectivity index (χ2v) is 10.5. The lowest BCUT2D eigenvalue weighted by atomic mass is 10.1. The molecule has 206 valence electrons. The highest BCUT2D eigenvalue weighted by Gasteiger charge is 2.24. The zero-order valence-electron chi connectivity index (χ0n) is 22.7. The molecule has 2 aliphatic rings. The number of anilines is 1. The molecule has 0 bridgehead atoms. The molecule has 7 heteroatoms. The molecule has 0 aromatic heterocycles. The maximum Gasteiger partial charge on any atom is 0.319 e. The number of hydrogen-bond acceptors (Lipinski definition) is 5. The van der Waals surface area contributed by atoms with E-state index < -0.39 is 0 Å². The molecule has 3 aromatic carbocycles. The first-order valence-electron chi connectivity index (χ1n) is 14.3. The van der Waals surface area contributed by atoms with Gasteiger partial charge in [0, 0.05) is 37.9 Å². The van der Waals surface area contributed by atoms with Crippen LogP contribution in [0.25, 0.3) is 0 Å². The lowest BCUT2D eigenvalue weighted by Gasteiger charge is -2.26. The summed E-state index contributed by atoms with van der Waals surface area (Å²) in [6, 6.07) is 25.4. The van der Waals surface area contributed by atoms with Crippen LogP contribution in [-0.2, 0) is 6.54 Å². The number of ether oxygens (including phenoxy) is 2. The summed E-state index contributed by atoms with van der Waals surface area (Å²) in [4.78, 5) is 17.5. The smallest absolute Gasteiger partial charge is 0.319 e. The second kappa shape index (κ2) is 14.0. The molecule has 1 atom stereocenters. The van der Waals surface area contributed by atoms with Gasteiger partial charge in [-0.3, -0.25) is 4.90 Å². The Balaban J connectivity index is 0.984. The molecule has 2 saturated heterocycles. The van der Waals surface area contributed by atoms with Gasteiger partial charge in [-0.2, -0.15) is 0 Å². The van der Waals surface area contributed by atoms with Gasteiger partial charge in [0.2, 0.25) is 0 Å². The first kappa shape index (κ1) is 27.0. The van der Waals surface area contributed by atoms with E-state index in [1.807, 2.05) is 54.6 Å². The van der Waals surface area contributed by atoms with Gasteiger partial charge in [-0.25, -0.2) is 4.79 Å². The Bertz CT molecular complexity index is 1150. The monoisotopic (exact) mass is 528 g/mol. The predicted octanol–water partition coefficient (Wildman–Crippen LogP) is 6.13. The minimum Gasteiger partial charge on any atom is -0.494 e. The molecule has 0 radical (unpaired) electrons. The summed E-state index contributed by atoms with van der Waals surface area (Å²) in [6.45, 7) is 7.06. The third kappa shape index (κ3) is 8.73. The van der Waals surface area contributed by atoms with Gasteiger partial charge in [0.15, 0.2) is 0 Å². The fraction of sp³-hybridized carbons (Fsp3) is 0.406. The van der Waals surface area contributed by atoms with Crippen LogP contribution in [-0.4, -0.2) is 61.2 Å². The van der Waals surface area contributed by atoms with Crippen LogP contribution in [0, 0.1) is 0 Å². The SMILES string of the molecule is O=C(Nc1ccc(Oc2ccccc2)cc1)N[C@H]1CCN(Cc2ccc(OCCCN3CCCCC3)cc2)C1. The summed E-state index contributed by atoms with van der Waals surface area (Å²) in [5.74, 6) is 2.45. The van der Waals surface area contributed by atoms with Gasteiger partial charge in [0.1, 0.15) is 17.2 Å². The highest BCUT2D eigenvalue weighted by atomic mass is 16.5. The van der Waals surface area contributed by atoms with Crippen molar-refractivity contribution in [2.45, 2.75) is 44.7 Å². The number of benzene rings is 3. The van der Waals surface area contributed by atoms with Crippen molar-refractivity contribution in [1.29, 1.82) is 0 Å². The maximum absolute atomic E-state index is 12.6. The van der Waals surface area contributed by atoms with E-state index in [2.05, 4.69) is 44.7 Å². The van der Waals surface area contributed by atoms with Crippen LogP contribution < -0.4 is 20.1 Å². The molecule has 3 aromatic rings. The number of piperidine rings is 1. The van der Waals surface area contributed by atoms with E-state index in [0.717, 1.165) is 68.6 Å². The second-order valence-electron chi connectivity index (χ2n) is 10.5. The van der Waals surface area contributed by atoms with Crippen LogP contribution in [0.4, 0.5) is 10.5 Å². The Morgan fingerprint density at radius 2 is 1.51 bits per heavy atom. The largest absolute Gasteiger partial charge is 0.494 e. The van der Waals surface area contributed by atoms with E-state index in [9.17, 15) is 4.79 Å². The van der Waals surface area contributed by atoms with Crippen LogP contribution in [0.5, 0.6) is 17.2 Å². The summed E-state index contributed by atoms with van der Waals surface area (Å²) in [6.07, 6.45) is 6.07. The molecule has 2 fully saturated rings. The molecule has 39 heavy (non-hydrogen) atoms. The lowest BCUT2D eigenvalue weighted by Crippen LogP contribution is -2.39. The van der Waals surface area contributed by atoms with Crippen molar-refractivity contribution in [3.8, 4) is 17.2 Å². The molecule has 2 aliphatic heterocycles. The molecule has 7 nitrogen and oxygen atoms in total. The Kier molecular flexibility index (Phi) is 9.71. The van der Waals surface area contributed by atoms with Crippen molar-refractivity contribution in [1.82, 2.24) is 15.1 Å². The van der Waals surface area contributed by atoms with Crippen molar-refractivity contribution < 1.29 is 14.3 Å². The minimum atomic E-state index is -0.180. The van der Waals surface area contributed by atoms with Crippen molar-refractivity contribution in [2.75, 3.05) is 44.6 Å². The fourth-order valence-electron chi connectivity index (χ4n) is 5.29.